The minimum Gasteiger partial charge on any atom is -0.444 e. The Morgan fingerprint density at radius 3 is 2.40 bits per heavy atom. The first kappa shape index (κ1) is 16.2. The molecule has 1 aliphatic heterocycles. The van der Waals surface area contributed by atoms with Crippen molar-refractivity contribution < 1.29 is 14.3 Å². The van der Waals surface area contributed by atoms with Gasteiger partial charge in [-0.15, -0.1) is 6.42 Å². The summed E-state index contributed by atoms with van der Waals surface area (Å²) in [6.45, 7) is 7.87. The maximum atomic E-state index is 12.0. The second-order valence-electron chi connectivity index (χ2n) is 5.67. The summed E-state index contributed by atoms with van der Waals surface area (Å²) in [4.78, 5) is 27.1. The Hall–Kier alpha value is -1.90. The summed E-state index contributed by atoms with van der Waals surface area (Å²) < 4.78 is 5.33. The van der Waals surface area contributed by atoms with Crippen LogP contribution in [0.5, 0.6) is 0 Å². The van der Waals surface area contributed by atoms with E-state index in [1.54, 1.807) is 9.80 Å². The molecule has 3 amide bonds. The molecule has 0 radical (unpaired) electrons. The topological polar surface area (TPSA) is 61.9 Å². The Labute approximate surface area is 120 Å². The van der Waals surface area contributed by atoms with Crippen LogP contribution in [0.3, 0.4) is 0 Å². The van der Waals surface area contributed by atoms with Gasteiger partial charge in [-0.05, 0) is 27.2 Å². The molecule has 0 aliphatic carbocycles. The van der Waals surface area contributed by atoms with Gasteiger partial charge in [0.25, 0.3) is 0 Å². The number of hydrogen-bond acceptors (Lipinski definition) is 3. The summed E-state index contributed by atoms with van der Waals surface area (Å²) in [5, 5.41) is 2.63. The van der Waals surface area contributed by atoms with E-state index in [2.05, 4.69) is 11.2 Å². The number of urea groups is 1. The van der Waals surface area contributed by atoms with Gasteiger partial charge in [-0.25, -0.2) is 9.59 Å². The number of carbonyl (C=O) groups excluding carboxylic acids is 2. The van der Waals surface area contributed by atoms with Crippen LogP contribution in [-0.2, 0) is 4.74 Å². The molecule has 0 spiro atoms. The van der Waals surface area contributed by atoms with Crippen molar-refractivity contribution in [1.29, 1.82) is 0 Å². The van der Waals surface area contributed by atoms with E-state index in [0.717, 1.165) is 6.42 Å². The largest absolute Gasteiger partial charge is 0.444 e. The fourth-order valence-corrected chi connectivity index (χ4v) is 1.87. The maximum Gasteiger partial charge on any atom is 0.410 e. The summed E-state index contributed by atoms with van der Waals surface area (Å²) in [6.07, 6.45) is 5.50. The van der Waals surface area contributed by atoms with Gasteiger partial charge < -0.3 is 19.9 Å². The van der Waals surface area contributed by atoms with Gasteiger partial charge in [-0.1, -0.05) is 5.92 Å². The lowest BCUT2D eigenvalue weighted by atomic mass is 10.2. The standard InChI is InChI=1S/C14H23N3O3/c1-5-7-15-12(18)16-8-6-9-17(11-10-16)13(19)20-14(2,3)4/h1H,6-11H2,2-4H3,(H,15,18). The predicted octanol–water partition coefficient (Wildman–Crippen LogP) is 1.27. The Bertz CT molecular complexity index is 395. The number of carbonyl (C=O) groups is 2. The molecule has 6 nitrogen and oxygen atoms in total. The molecule has 0 aromatic carbocycles. The highest BCUT2D eigenvalue weighted by atomic mass is 16.6. The lowest BCUT2D eigenvalue weighted by molar-refractivity contribution is 0.0259. The van der Waals surface area contributed by atoms with Crippen molar-refractivity contribution in [2.45, 2.75) is 32.8 Å². The number of terminal acetylenes is 1. The highest BCUT2D eigenvalue weighted by molar-refractivity contribution is 5.74. The monoisotopic (exact) mass is 281 g/mol. The molecule has 0 unspecified atom stereocenters. The van der Waals surface area contributed by atoms with Gasteiger partial charge in [-0.3, -0.25) is 0 Å². The van der Waals surface area contributed by atoms with Crippen LogP contribution in [0.15, 0.2) is 0 Å². The molecule has 1 N–H and O–H groups in total. The average molecular weight is 281 g/mol. The molecule has 1 fully saturated rings. The highest BCUT2D eigenvalue weighted by Crippen LogP contribution is 2.12. The second-order valence-corrected chi connectivity index (χ2v) is 5.67. The number of ether oxygens (including phenoxy) is 1. The molecule has 0 aromatic heterocycles. The third kappa shape index (κ3) is 5.39. The Morgan fingerprint density at radius 2 is 1.80 bits per heavy atom. The number of nitrogens with one attached hydrogen (secondary N) is 1. The Kier molecular flexibility index (Phi) is 5.68. The molecule has 20 heavy (non-hydrogen) atoms. The normalized spacial score (nSPS) is 16.1. The van der Waals surface area contributed by atoms with E-state index in [1.165, 1.54) is 0 Å². The van der Waals surface area contributed by atoms with E-state index in [1.807, 2.05) is 20.8 Å². The van der Waals surface area contributed by atoms with E-state index < -0.39 is 5.60 Å². The molecule has 6 heteroatoms. The summed E-state index contributed by atoms with van der Waals surface area (Å²) in [5.41, 5.74) is -0.507. The van der Waals surface area contributed by atoms with Crippen molar-refractivity contribution in [3.63, 3.8) is 0 Å². The van der Waals surface area contributed by atoms with E-state index in [-0.39, 0.29) is 18.7 Å². The van der Waals surface area contributed by atoms with Crippen LogP contribution >= 0.6 is 0 Å². The molecule has 1 saturated heterocycles. The zero-order valence-corrected chi connectivity index (χ0v) is 12.4. The quantitative estimate of drug-likeness (QED) is 0.736. The third-order valence-corrected chi connectivity index (χ3v) is 2.78. The fourth-order valence-electron chi connectivity index (χ4n) is 1.87. The number of nitrogens with zero attached hydrogens (tertiary/aromatic N) is 2. The molecule has 1 aliphatic rings. The number of rotatable bonds is 1. The van der Waals surface area contributed by atoms with Gasteiger partial charge in [0.1, 0.15) is 5.60 Å². The second kappa shape index (κ2) is 7.04. The minimum atomic E-state index is -0.507. The van der Waals surface area contributed by atoms with E-state index in [4.69, 9.17) is 11.2 Å². The van der Waals surface area contributed by atoms with Crippen molar-refractivity contribution in [2.24, 2.45) is 0 Å². The van der Waals surface area contributed by atoms with E-state index in [0.29, 0.717) is 26.2 Å². The summed E-state index contributed by atoms with van der Waals surface area (Å²) in [7, 11) is 0. The molecular formula is C14H23N3O3. The smallest absolute Gasteiger partial charge is 0.410 e. The molecule has 0 atom stereocenters. The number of amides is 3. The predicted molar refractivity (Wildman–Crippen MR) is 76.2 cm³/mol. The maximum absolute atomic E-state index is 12.0. The van der Waals surface area contributed by atoms with Crippen LogP contribution in [0, 0.1) is 12.3 Å². The minimum absolute atomic E-state index is 0.186. The molecular weight excluding hydrogens is 258 g/mol. The van der Waals surface area contributed by atoms with Crippen molar-refractivity contribution in [3.8, 4) is 12.3 Å². The number of hydrogen-bond donors (Lipinski definition) is 1. The molecule has 1 rings (SSSR count). The zero-order chi connectivity index (χ0) is 15.2. The molecule has 0 bridgehead atoms. The fraction of sp³-hybridized carbons (Fsp3) is 0.714. The Morgan fingerprint density at radius 1 is 1.20 bits per heavy atom. The lowest BCUT2D eigenvalue weighted by Gasteiger charge is -2.26. The highest BCUT2D eigenvalue weighted by Gasteiger charge is 2.25. The van der Waals surface area contributed by atoms with Crippen molar-refractivity contribution in [3.05, 3.63) is 0 Å². The van der Waals surface area contributed by atoms with Gasteiger partial charge in [0.15, 0.2) is 0 Å². The summed E-state index contributed by atoms with van der Waals surface area (Å²) >= 11 is 0. The van der Waals surface area contributed by atoms with E-state index >= 15 is 0 Å². The first-order valence-electron chi connectivity index (χ1n) is 6.77. The van der Waals surface area contributed by atoms with Gasteiger partial charge in [0.2, 0.25) is 0 Å². The molecule has 112 valence electrons. The first-order chi connectivity index (χ1) is 9.33. The van der Waals surface area contributed by atoms with E-state index in [9.17, 15) is 9.59 Å². The van der Waals surface area contributed by atoms with Crippen molar-refractivity contribution in [2.75, 3.05) is 32.7 Å². The third-order valence-electron chi connectivity index (χ3n) is 2.78. The van der Waals surface area contributed by atoms with Crippen LogP contribution in [0.2, 0.25) is 0 Å². The molecule has 0 saturated carbocycles. The van der Waals surface area contributed by atoms with Crippen molar-refractivity contribution in [1.82, 2.24) is 15.1 Å². The first-order valence-corrected chi connectivity index (χ1v) is 6.77. The van der Waals surface area contributed by atoms with Crippen molar-refractivity contribution >= 4 is 12.1 Å². The Balaban J connectivity index is 2.49. The lowest BCUT2D eigenvalue weighted by Crippen LogP contribution is -2.43. The summed E-state index contributed by atoms with van der Waals surface area (Å²) in [5.74, 6) is 2.36. The summed E-state index contributed by atoms with van der Waals surface area (Å²) in [6, 6.07) is -0.186. The van der Waals surface area contributed by atoms with Crippen LogP contribution in [-0.4, -0.2) is 60.2 Å². The van der Waals surface area contributed by atoms with Crippen LogP contribution in [0.4, 0.5) is 9.59 Å². The van der Waals surface area contributed by atoms with Gasteiger partial charge in [0, 0.05) is 26.2 Å². The molecule has 1 heterocycles. The SMILES string of the molecule is C#CCNC(=O)N1CCCN(C(=O)OC(C)(C)C)CC1. The van der Waals surface area contributed by atoms with Crippen LogP contribution in [0.1, 0.15) is 27.2 Å². The van der Waals surface area contributed by atoms with Gasteiger partial charge >= 0.3 is 12.1 Å². The average Bonchev–Trinajstić information content (AvgIpc) is 2.59. The zero-order valence-electron chi connectivity index (χ0n) is 12.4. The van der Waals surface area contributed by atoms with Crippen LogP contribution in [0.25, 0.3) is 0 Å². The van der Waals surface area contributed by atoms with Crippen LogP contribution < -0.4 is 5.32 Å². The van der Waals surface area contributed by atoms with Gasteiger partial charge in [0.05, 0.1) is 6.54 Å². The van der Waals surface area contributed by atoms with Gasteiger partial charge in [-0.2, -0.15) is 0 Å². The molecule has 0 aromatic rings.